The van der Waals surface area contributed by atoms with E-state index in [1.54, 1.807) is 20.8 Å². The molecule has 230 valence electrons. The highest BCUT2D eigenvalue weighted by atomic mass is 32.1. The van der Waals surface area contributed by atoms with E-state index in [1.165, 1.54) is 11.3 Å². The maximum Gasteiger partial charge on any atom is 0.330 e. The second kappa shape index (κ2) is 12.4. The van der Waals surface area contributed by atoms with Crippen LogP contribution in [-0.2, 0) is 38.1 Å². The first-order valence-electron chi connectivity index (χ1n) is 14.4. The number of aliphatic hydroxyl groups is 1. The van der Waals surface area contributed by atoms with Crippen LogP contribution in [0.15, 0.2) is 23.6 Å². The molecule has 1 aromatic rings. The zero-order valence-electron chi connectivity index (χ0n) is 25.1. The number of hydrogen-bond acceptors (Lipinski definition) is 11. The summed E-state index contributed by atoms with van der Waals surface area (Å²) in [7, 11) is 0. The average Bonchev–Trinajstić information content (AvgIpc) is 3.25. The summed E-state index contributed by atoms with van der Waals surface area (Å²) in [6, 6.07) is 0. The van der Waals surface area contributed by atoms with Crippen molar-refractivity contribution in [1.29, 1.82) is 0 Å². The molecule has 42 heavy (non-hydrogen) atoms. The van der Waals surface area contributed by atoms with Crippen molar-refractivity contribution in [2.45, 2.75) is 97.2 Å². The van der Waals surface area contributed by atoms with Crippen molar-refractivity contribution in [3.05, 3.63) is 34.3 Å². The van der Waals surface area contributed by atoms with Gasteiger partial charge in [0.15, 0.2) is 0 Å². The van der Waals surface area contributed by atoms with Gasteiger partial charge in [-0.3, -0.25) is 14.4 Å². The molecule has 1 aromatic heterocycles. The molecule has 9 atom stereocenters. The number of Topliss-reactive ketones (excluding diaryl/α,β-unsaturated/α-hetero) is 1. The second-order valence-corrected chi connectivity index (χ2v) is 13.1. The van der Waals surface area contributed by atoms with Crippen LogP contribution < -0.4 is 0 Å². The van der Waals surface area contributed by atoms with Gasteiger partial charge in [0.2, 0.25) is 0 Å². The van der Waals surface area contributed by atoms with E-state index in [-0.39, 0.29) is 24.9 Å². The summed E-state index contributed by atoms with van der Waals surface area (Å²) in [5.74, 6) is -4.19. The summed E-state index contributed by atoms with van der Waals surface area (Å²) in [4.78, 5) is 55.8. The molecule has 2 aliphatic heterocycles. The topological polar surface area (TPSA) is 142 Å². The van der Waals surface area contributed by atoms with Gasteiger partial charge in [-0.15, -0.1) is 11.3 Å². The molecule has 0 radical (unpaired) electrons. The Labute approximate surface area is 250 Å². The van der Waals surface area contributed by atoms with Crippen LogP contribution in [0.4, 0.5) is 0 Å². The number of aromatic nitrogens is 1. The summed E-state index contributed by atoms with van der Waals surface area (Å²) in [6.07, 6.45) is 1.54. The number of rotatable bonds is 12. The number of thiazole rings is 1. The van der Waals surface area contributed by atoms with Crippen molar-refractivity contribution < 1.29 is 43.2 Å². The Morgan fingerprint density at radius 2 is 2.00 bits per heavy atom. The minimum atomic E-state index is -1.29. The van der Waals surface area contributed by atoms with Crippen molar-refractivity contribution in [2.75, 3.05) is 6.61 Å². The minimum Gasteiger partial charge on any atom is -0.460 e. The molecule has 0 aromatic carbocycles. The number of epoxide rings is 1. The lowest BCUT2D eigenvalue weighted by atomic mass is 9.55. The van der Waals surface area contributed by atoms with E-state index in [4.69, 9.17) is 18.9 Å². The molecule has 11 heteroatoms. The summed E-state index contributed by atoms with van der Waals surface area (Å²) in [6.45, 7) is 14.2. The highest BCUT2D eigenvalue weighted by molar-refractivity contribution is 7.09. The van der Waals surface area contributed by atoms with Crippen LogP contribution in [0.3, 0.4) is 0 Å². The third kappa shape index (κ3) is 6.23. The minimum absolute atomic E-state index is 0.0883. The van der Waals surface area contributed by atoms with Crippen molar-refractivity contribution in [3.8, 4) is 0 Å². The van der Waals surface area contributed by atoms with Crippen LogP contribution in [0.1, 0.15) is 71.0 Å². The second-order valence-electron chi connectivity index (χ2n) is 12.0. The third-order valence-corrected chi connectivity index (χ3v) is 10.1. The van der Waals surface area contributed by atoms with E-state index in [1.807, 2.05) is 32.2 Å². The smallest absolute Gasteiger partial charge is 0.330 e. The highest BCUT2D eigenvalue weighted by Gasteiger charge is 2.66. The predicted octanol–water partition coefficient (Wildman–Crippen LogP) is 3.98. The lowest BCUT2D eigenvalue weighted by molar-refractivity contribution is -0.158. The number of aliphatic hydroxyl groups excluding tert-OH is 1. The van der Waals surface area contributed by atoms with Crippen molar-refractivity contribution in [1.82, 2.24) is 4.98 Å². The molecular weight excluding hydrogens is 562 g/mol. The van der Waals surface area contributed by atoms with E-state index in [0.717, 1.165) is 22.4 Å². The van der Waals surface area contributed by atoms with E-state index in [9.17, 15) is 24.3 Å². The van der Waals surface area contributed by atoms with Crippen LogP contribution in [0, 0.1) is 30.1 Å². The number of esters is 3. The van der Waals surface area contributed by atoms with E-state index >= 15 is 0 Å². The molecule has 10 nitrogen and oxygen atoms in total. The molecule has 3 heterocycles. The van der Waals surface area contributed by atoms with Crippen LogP contribution in [0.2, 0.25) is 0 Å². The molecule has 3 unspecified atom stereocenters. The molecule has 3 fully saturated rings. The van der Waals surface area contributed by atoms with Crippen molar-refractivity contribution in [2.24, 2.45) is 23.2 Å². The summed E-state index contributed by atoms with van der Waals surface area (Å²) >= 11 is 1.53. The maximum atomic E-state index is 13.6. The fourth-order valence-electron chi connectivity index (χ4n) is 6.50. The van der Waals surface area contributed by atoms with Crippen molar-refractivity contribution >= 4 is 41.1 Å². The van der Waals surface area contributed by atoms with Crippen molar-refractivity contribution in [3.63, 3.8) is 0 Å². The van der Waals surface area contributed by atoms with Gasteiger partial charge in [-0.2, -0.15) is 0 Å². The monoisotopic (exact) mass is 603 g/mol. The Bertz CT molecular complexity index is 1270. The number of carbonyl (C=O) groups excluding carboxylic acids is 4. The Kier molecular flexibility index (Phi) is 9.44. The molecule has 1 aliphatic carbocycles. The number of nitrogens with zero attached hydrogens (tertiary/aromatic N) is 1. The zero-order valence-corrected chi connectivity index (χ0v) is 25.9. The SMILES string of the molecule is C=CC(=O)OCC1(CCC[C@@H]2C3C(=O)O[C@@H](CC(=O)O[C@@H](C)/C(C)=C/c4csc(C)n4)[C@]3(C)C(=O)[C@H](C)[C@H]2O)OC1C. The van der Waals surface area contributed by atoms with Gasteiger partial charge >= 0.3 is 17.9 Å². The molecular formula is C31H41NO9S. The Hall–Kier alpha value is -2.89. The highest BCUT2D eigenvalue weighted by Crippen LogP contribution is 2.54. The Balaban J connectivity index is 1.42. The standard InChI is InChI=1S/C31H41NO9S/c1-8-24(33)38-15-31(19(5)41-31)11-9-10-22-26-29(37)40-23(30(26,7)28(36)17(3)27(22)35)13-25(34)39-18(4)16(2)12-21-14-42-20(6)32-21/h8,12,14,17-19,22-23,26-27,35H,1,9-11,13,15H2,2-7H3/b16-12+/t17-,18+,19?,22-,23+,26?,27-,30+,31?/m1/s1. The van der Waals surface area contributed by atoms with Gasteiger partial charge in [0.25, 0.3) is 0 Å². The van der Waals surface area contributed by atoms with E-state index in [0.29, 0.717) is 19.3 Å². The lowest BCUT2D eigenvalue weighted by Gasteiger charge is -2.45. The number of aryl methyl sites for hydroxylation is 1. The average molecular weight is 604 g/mol. The fourth-order valence-corrected chi connectivity index (χ4v) is 7.07. The number of carbonyl (C=O) groups is 4. The molecule has 1 saturated carbocycles. The van der Waals surface area contributed by atoms with Crippen LogP contribution in [0.5, 0.6) is 0 Å². The van der Waals surface area contributed by atoms with Gasteiger partial charge in [-0.25, -0.2) is 9.78 Å². The predicted molar refractivity (Wildman–Crippen MR) is 154 cm³/mol. The first kappa shape index (κ1) is 32.0. The molecule has 3 aliphatic rings. The van der Waals surface area contributed by atoms with Crippen LogP contribution >= 0.6 is 11.3 Å². The van der Waals surface area contributed by atoms with Gasteiger partial charge in [-0.1, -0.05) is 13.5 Å². The zero-order chi connectivity index (χ0) is 31.0. The molecule has 0 spiro atoms. The van der Waals surface area contributed by atoms with Gasteiger partial charge in [-0.05, 0) is 71.4 Å². The molecule has 0 bridgehead atoms. The fraction of sp³-hybridized carbons (Fsp3) is 0.645. The van der Waals surface area contributed by atoms with Gasteiger partial charge < -0.3 is 24.1 Å². The van der Waals surface area contributed by atoms with Gasteiger partial charge in [0.05, 0.1) is 40.7 Å². The first-order valence-corrected chi connectivity index (χ1v) is 15.3. The molecule has 0 amide bonds. The summed E-state index contributed by atoms with van der Waals surface area (Å²) in [5, 5.41) is 14.0. The number of fused-ring (bicyclic) bond motifs is 1. The quantitative estimate of drug-likeness (QED) is 0.161. The number of ketones is 1. The van der Waals surface area contributed by atoms with E-state index < -0.39 is 65.0 Å². The number of ether oxygens (including phenoxy) is 4. The van der Waals surface area contributed by atoms with Gasteiger partial charge in [0, 0.05) is 17.4 Å². The number of hydrogen-bond donors (Lipinski definition) is 1. The Morgan fingerprint density at radius 1 is 1.31 bits per heavy atom. The third-order valence-electron chi connectivity index (χ3n) is 9.32. The Morgan fingerprint density at radius 3 is 2.60 bits per heavy atom. The summed E-state index contributed by atoms with van der Waals surface area (Å²) in [5.41, 5.74) is -0.312. The molecule has 2 saturated heterocycles. The van der Waals surface area contributed by atoms with Crippen LogP contribution in [-0.4, -0.2) is 70.4 Å². The maximum absolute atomic E-state index is 13.6. The van der Waals surface area contributed by atoms with Crippen LogP contribution in [0.25, 0.3) is 6.08 Å². The number of cyclic esters (lactones) is 1. The molecule has 1 N–H and O–H groups in total. The largest absolute Gasteiger partial charge is 0.460 e. The summed E-state index contributed by atoms with van der Waals surface area (Å²) < 4.78 is 22.3. The lowest BCUT2D eigenvalue weighted by Crippen LogP contribution is -2.57. The normalized spacial score (nSPS) is 34.8. The van der Waals surface area contributed by atoms with Gasteiger partial charge in [0.1, 0.15) is 30.2 Å². The first-order chi connectivity index (χ1) is 19.7. The molecule has 4 rings (SSSR count). The van der Waals surface area contributed by atoms with E-state index in [2.05, 4.69) is 11.6 Å².